The van der Waals surface area contributed by atoms with Gasteiger partial charge >= 0.3 is 0 Å². The largest absolute Gasteiger partial charge is 0.377 e. The summed E-state index contributed by atoms with van der Waals surface area (Å²) in [5.41, 5.74) is 7.70. The Balaban J connectivity index is 2.02. The van der Waals surface area contributed by atoms with Crippen LogP contribution in [0.1, 0.15) is 18.9 Å². The van der Waals surface area contributed by atoms with E-state index in [9.17, 15) is 4.79 Å². The predicted octanol–water partition coefficient (Wildman–Crippen LogP) is 0.877. The zero-order valence-electron chi connectivity index (χ0n) is 12.0. The quantitative estimate of drug-likeness (QED) is 0.757. The second kappa shape index (κ2) is 7.26. The molecule has 1 amide bonds. The first-order chi connectivity index (χ1) is 9.72. The zero-order valence-corrected chi connectivity index (χ0v) is 12.0. The van der Waals surface area contributed by atoms with Gasteiger partial charge in [-0.05, 0) is 30.7 Å². The summed E-state index contributed by atoms with van der Waals surface area (Å²) in [5.74, 6) is -0.335. The molecule has 5 nitrogen and oxygen atoms in total. The lowest BCUT2D eigenvalue weighted by atomic mass is 10.1. The second-order valence-electron chi connectivity index (χ2n) is 5.03. The number of rotatable bonds is 6. The summed E-state index contributed by atoms with van der Waals surface area (Å²) < 4.78 is 5.33. The molecule has 110 valence electrons. The number of carbonyl (C=O) groups excluding carboxylic acids is 1. The number of ether oxygens (including phenoxy) is 1. The first-order valence-electron chi connectivity index (χ1n) is 7.15. The van der Waals surface area contributed by atoms with Crippen LogP contribution in [0.3, 0.4) is 0 Å². The molecule has 0 aromatic heterocycles. The van der Waals surface area contributed by atoms with Crippen molar-refractivity contribution < 1.29 is 9.53 Å². The van der Waals surface area contributed by atoms with Gasteiger partial charge in [-0.2, -0.15) is 0 Å². The van der Waals surface area contributed by atoms with E-state index in [0.29, 0.717) is 19.8 Å². The van der Waals surface area contributed by atoms with Crippen LogP contribution in [0.4, 0.5) is 5.69 Å². The summed E-state index contributed by atoms with van der Waals surface area (Å²) in [5, 5.41) is 3.37. The molecule has 1 aliphatic rings. The van der Waals surface area contributed by atoms with E-state index in [0.717, 1.165) is 25.2 Å². The number of nitrogens with zero attached hydrogens (tertiary/aromatic N) is 1. The van der Waals surface area contributed by atoms with Gasteiger partial charge in [-0.15, -0.1) is 0 Å². The molecule has 1 saturated heterocycles. The first kappa shape index (κ1) is 14.8. The molecule has 0 spiro atoms. The number of nitrogens with two attached hydrogens (primary N) is 1. The molecular formula is C15H23N3O2. The maximum atomic E-state index is 11.5. The highest BCUT2D eigenvalue weighted by Gasteiger charge is 2.27. The Morgan fingerprint density at radius 3 is 2.85 bits per heavy atom. The van der Waals surface area contributed by atoms with E-state index >= 15 is 0 Å². The molecule has 1 aromatic rings. The summed E-state index contributed by atoms with van der Waals surface area (Å²) in [6.45, 7) is 5.74. The number of carbonyl (C=O) groups is 1. The van der Waals surface area contributed by atoms with Crippen LogP contribution in [0.5, 0.6) is 0 Å². The number of anilines is 1. The lowest BCUT2D eigenvalue weighted by Gasteiger charge is -2.35. The highest BCUT2D eigenvalue weighted by atomic mass is 16.5. The fourth-order valence-electron chi connectivity index (χ4n) is 2.36. The van der Waals surface area contributed by atoms with Gasteiger partial charge in [-0.25, -0.2) is 0 Å². The topological polar surface area (TPSA) is 67.6 Å². The van der Waals surface area contributed by atoms with E-state index < -0.39 is 0 Å². The van der Waals surface area contributed by atoms with Crippen LogP contribution < -0.4 is 16.0 Å². The van der Waals surface area contributed by atoms with Gasteiger partial charge in [0, 0.05) is 18.8 Å². The predicted molar refractivity (Wildman–Crippen MR) is 79.6 cm³/mol. The third kappa shape index (κ3) is 3.71. The van der Waals surface area contributed by atoms with Crippen molar-refractivity contribution in [2.75, 3.05) is 31.2 Å². The van der Waals surface area contributed by atoms with E-state index in [4.69, 9.17) is 10.5 Å². The lowest BCUT2D eigenvalue weighted by molar-refractivity contribution is -0.121. The molecule has 1 fully saturated rings. The SMILES string of the molecule is CCCNCc1ccc(N2CCOCC2C(N)=O)cc1. The highest BCUT2D eigenvalue weighted by Crippen LogP contribution is 2.20. The van der Waals surface area contributed by atoms with Crippen molar-refractivity contribution >= 4 is 11.6 Å². The molecular weight excluding hydrogens is 254 g/mol. The van der Waals surface area contributed by atoms with Crippen molar-refractivity contribution in [3.8, 4) is 0 Å². The van der Waals surface area contributed by atoms with E-state index in [1.165, 1.54) is 5.56 Å². The van der Waals surface area contributed by atoms with Crippen molar-refractivity contribution in [1.82, 2.24) is 5.32 Å². The Bertz CT molecular complexity index is 433. The molecule has 0 aliphatic carbocycles. The fourth-order valence-corrected chi connectivity index (χ4v) is 2.36. The Labute approximate surface area is 120 Å². The van der Waals surface area contributed by atoms with Crippen LogP contribution in [0.2, 0.25) is 0 Å². The molecule has 2 rings (SSSR count). The minimum Gasteiger partial charge on any atom is -0.377 e. The van der Waals surface area contributed by atoms with E-state index in [-0.39, 0.29) is 11.9 Å². The van der Waals surface area contributed by atoms with Crippen LogP contribution in [0.25, 0.3) is 0 Å². The van der Waals surface area contributed by atoms with Crippen LogP contribution >= 0.6 is 0 Å². The summed E-state index contributed by atoms with van der Waals surface area (Å²) in [4.78, 5) is 13.5. The maximum absolute atomic E-state index is 11.5. The number of morpholine rings is 1. The average molecular weight is 277 g/mol. The summed E-state index contributed by atoms with van der Waals surface area (Å²) in [6.07, 6.45) is 1.13. The molecule has 1 atom stereocenters. The monoisotopic (exact) mass is 277 g/mol. The third-order valence-corrected chi connectivity index (χ3v) is 3.48. The molecule has 5 heteroatoms. The highest BCUT2D eigenvalue weighted by molar-refractivity contribution is 5.84. The Kier molecular flexibility index (Phi) is 5.38. The van der Waals surface area contributed by atoms with Crippen LogP contribution in [0, 0.1) is 0 Å². The van der Waals surface area contributed by atoms with Crippen LogP contribution in [-0.4, -0.2) is 38.3 Å². The third-order valence-electron chi connectivity index (χ3n) is 3.48. The Hall–Kier alpha value is -1.59. The number of amides is 1. The number of hydrogen-bond donors (Lipinski definition) is 2. The van der Waals surface area contributed by atoms with Gasteiger partial charge in [-0.3, -0.25) is 4.79 Å². The summed E-state index contributed by atoms with van der Waals surface area (Å²) in [7, 11) is 0. The van der Waals surface area contributed by atoms with Crippen molar-refractivity contribution in [3.63, 3.8) is 0 Å². The standard InChI is InChI=1S/C15H23N3O2/c1-2-7-17-10-12-3-5-13(6-4-12)18-8-9-20-11-14(18)15(16)19/h3-6,14,17H,2,7-11H2,1H3,(H2,16,19). The molecule has 1 unspecified atom stereocenters. The molecule has 0 saturated carbocycles. The zero-order chi connectivity index (χ0) is 14.4. The average Bonchev–Trinajstić information content (AvgIpc) is 2.48. The number of primary amides is 1. The number of hydrogen-bond acceptors (Lipinski definition) is 4. The first-order valence-corrected chi connectivity index (χ1v) is 7.15. The van der Waals surface area contributed by atoms with Crippen molar-refractivity contribution in [2.45, 2.75) is 25.9 Å². The van der Waals surface area contributed by atoms with Gasteiger partial charge in [0.05, 0.1) is 13.2 Å². The van der Waals surface area contributed by atoms with Crippen LogP contribution in [0.15, 0.2) is 24.3 Å². The second-order valence-corrected chi connectivity index (χ2v) is 5.03. The van der Waals surface area contributed by atoms with Gasteiger partial charge in [0.15, 0.2) is 0 Å². The van der Waals surface area contributed by atoms with Crippen LogP contribution in [-0.2, 0) is 16.1 Å². The van der Waals surface area contributed by atoms with Crippen molar-refractivity contribution in [2.24, 2.45) is 5.73 Å². The van der Waals surface area contributed by atoms with Gasteiger partial charge in [0.1, 0.15) is 6.04 Å². The van der Waals surface area contributed by atoms with Crippen molar-refractivity contribution in [3.05, 3.63) is 29.8 Å². The molecule has 20 heavy (non-hydrogen) atoms. The molecule has 0 radical (unpaired) electrons. The normalized spacial score (nSPS) is 19.1. The minimum atomic E-state index is -0.368. The fraction of sp³-hybridized carbons (Fsp3) is 0.533. The van der Waals surface area contributed by atoms with Gasteiger partial charge < -0.3 is 20.7 Å². The summed E-state index contributed by atoms with van der Waals surface area (Å²) in [6, 6.07) is 7.90. The minimum absolute atomic E-state index is 0.335. The molecule has 3 N–H and O–H groups in total. The number of nitrogens with one attached hydrogen (secondary N) is 1. The van der Waals surface area contributed by atoms with E-state index in [1.54, 1.807) is 0 Å². The van der Waals surface area contributed by atoms with Gasteiger partial charge in [0.25, 0.3) is 0 Å². The molecule has 0 bridgehead atoms. The Morgan fingerprint density at radius 1 is 1.45 bits per heavy atom. The van der Waals surface area contributed by atoms with E-state index in [1.807, 2.05) is 17.0 Å². The molecule has 1 aromatic carbocycles. The molecule has 1 aliphatic heterocycles. The number of benzene rings is 1. The van der Waals surface area contributed by atoms with Gasteiger partial charge in [-0.1, -0.05) is 19.1 Å². The van der Waals surface area contributed by atoms with E-state index in [2.05, 4.69) is 24.4 Å². The Morgan fingerprint density at radius 2 is 2.20 bits per heavy atom. The smallest absolute Gasteiger partial charge is 0.242 e. The van der Waals surface area contributed by atoms with Gasteiger partial charge in [0.2, 0.25) is 5.91 Å². The molecule has 1 heterocycles. The lowest BCUT2D eigenvalue weighted by Crippen LogP contribution is -2.52. The van der Waals surface area contributed by atoms with Crippen molar-refractivity contribution in [1.29, 1.82) is 0 Å². The maximum Gasteiger partial charge on any atom is 0.242 e. The summed E-state index contributed by atoms with van der Waals surface area (Å²) >= 11 is 0.